The Labute approximate surface area is 152 Å². The molecule has 1 N–H and O–H groups in total. The fourth-order valence-corrected chi connectivity index (χ4v) is 3.95. The Hall–Kier alpha value is -2.24. The molecule has 26 heavy (non-hydrogen) atoms. The van der Waals surface area contributed by atoms with Crippen LogP contribution in [0.5, 0.6) is 0 Å². The van der Waals surface area contributed by atoms with Crippen LogP contribution in [-0.4, -0.2) is 39.3 Å². The number of rotatable bonds is 5. The molecule has 2 fully saturated rings. The van der Waals surface area contributed by atoms with Crippen molar-refractivity contribution < 1.29 is 9.63 Å². The lowest BCUT2D eigenvalue weighted by atomic mass is 9.99. The molecule has 5 rings (SSSR count). The molecule has 1 aliphatic heterocycles. The molecule has 0 spiro atoms. The molecule has 0 unspecified atom stereocenters. The lowest BCUT2D eigenvalue weighted by Gasteiger charge is -2.14. The zero-order valence-corrected chi connectivity index (χ0v) is 14.7. The highest BCUT2D eigenvalue weighted by Gasteiger charge is 2.33. The quantitative estimate of drug-likeness (QED) is 0.767. The van der Waals surface area contributed by atoms with Gasteiger partial charge in [0.15, 0.2) is 0 Å². The maximum atomic E-state index is 10.5. The fraction of sp³-hybridized carbons (Fsp3) is 0.429. The Bertz CT molecular complexity index is 918. The predicted octanol–water partition coefficient (Wildman–Crippen LogP) is 3.14. The summed E-state index contributed by atoms with van der Waals surface area (Å²) in [5, 5.41) is 15.9. The molecular formula is C21H23N3O2. The van der Waals surface area contributed by atoms with Crippen LogP contribution in [0.25, 0.3) is 10.9 Å². The molecular weight excluding hydrogens is 326 g/mol. The smallest absolute Gasteiger partial charge is 0.140 e. The maximum absolute atomic E-state index is 10.5. The van der Waals surface area contributed by atoms with Crippen LogP contribution in [0.4, 0.5) is 0 Å². The second-order valence-corrected chi connectivity index (χ2v) is 7.72. The summed E-state index contributed by atoms with van der Waals surface area (Å²) in [5.41, 5.74) is 3.04. The Morgan fingerprint density at radius 2 is 1.96 bits per heavy atom. The van der Waals surface area contributed by atoms with E-state index in [1.807, 2.05) is 18.2 Å². The van der Waals surface area contributed by atoms with Crippen molar-refractivity contribution in [2.75, 3.05) is 13.1 Å². The second-order valence-electron chi connectivity index (χ2n) is 7.72. The minimum atomic E-state index is -0.321. The van der Waals surface area contributed by atoms with Crippen molar-refractivity contribution in [2.45, 2.75) is 37.8 Å². The Morgan fingerprint density at radius 3 is 2.85 bits per heavy atom. The van der Waals surface area contributed by atoms with Crippen molar-refractivity contribution >= 4 is 10.9 Å². The van der Waals surface area contributed by atoms with Gasteiger partial charge in [-0.2, -0.15) is 0 Å². The third-order valence-corrected chi connectivity index (χ3v) is 5.55. The number of β-amino-alcohol motifs (C(OH)–C–C–N with tert-alkyl or cyclic N) is 1. The molecule has 1 aliphatic carbocycles. The van der Waals surface area contributed by atoms with Gasteiger partial charge in [-0.3, -0.25) is 9.88 Å². The van der Waals surface area contributed by atoms with Gasteiger partial charge < -0.3 is 9.63 Å². The van der Waals surface area contributed by atoms with Gasteiger partial charge in [0.25, 0.3) is 0 Å². The molecule has 5 heteroatoms. The van der Waals surface area contributed by atoms with Crippen LogP contribution in [0.1, 0.15) is 35.9 Å². The van der Waals surface area contributed by atoms with E-state index in [4.69, 9.17) is 9.51 Å². The summed E-state index contributed by atoms with van der Waals surface area (Å²) in [6, 6.07) is 14.4. The van der Waals surface area contributed by atoms with Gasteiger partial charge in [-0.15, -0.1) is 0 Å². The highest BCUT2D eigenvalue weighted by Crippen LogP contribution is 2.40. The van der Waals surface area contributed by atoms with Crippen LogP contribution in [0.3, 0.4) is 0 Å². The number of nitrogens with zero attached hydrogens (tertiary/aromatic N) is 3. The Morgan fingerprint density at radius 1 is 1.08 bits per heavy atom. The van der Waals surface area contributed by atoms with Gasteiger partial charge in [-0.1, -0.05) is 29.4 Å². The summed E-state index contributed by atoms with van der Waals surface area (Å²) >= 11 is 0. The molecule has 3 aromatic rings. The highest BCUT2D eigenvalue weighted by molar-refractivity contribution is 5.78. The van der Waals surface area contributed by atoms with E-state index in [9.17, 15) is 5.11 Å². The van der Waals surface area contributed by atoms with Gasteiger partial charge in [0, 0.05) is 48.6 Å². The van der Waals surface area contributed by atoms with Gasteiger partial charge in [-0.05, 0) is 31.4 Å². The van der Waals surface area contributed by atoms with Crippen LogP contribution in [0.15, 0.2) is 47.0 Å². The Kier molecular flexibility index (Phi) is 3.98. The molecule has 2 atom stereocenters. The first-order chi connectivity index (χ1) is 12.7. The number of fused-ring (bicyclic) bond motifs is 1. The average molecular weight is 349 g/mol. The van der Waals surface area contributed by atoms with Crippen molar-refractivity contribution in [3.05, 3.63) is 59.6 Å². The minimum absolute atomic E-state index is 0.207. The van der Waals surface area contributed by atoms with E-state index in [1.54, 1.807) is 0 Å². The molecule has 3 heterocycles. The van der Waals surface area contributed by atoms with Crippen molar-refractivity contribution in [1.29, 1.82) is 0 Å². The van der Waals surface area contributed by atoms with Crippen LogP contribution >= 0.6 is 0 Å². The lowest BCUT2D eigenvalue weighted by molar-refractivity contribution is 0.140. The van der Waals surface area contributed by atoms with E-state index in [0.717, 1.165) is 47.6 Å². The van der Waals surface area contributed by atoms with Crippen molar-refractivity contribution in [3.8, 4) is 0 Å². The maximum Gasteiger partial charge on any atom is 0.140 e. The number of aliphatic hydroxyl groups excluding tert-OH is 1. The first-order valence-corrected chi connectivity index (χ1v) is 9.45. The first-order valence-electron chi connectivity index (χ1n) is 9.45. The van der Waals surface area contributed by atoms with E-state index in [-0.39, 0.29) is 12.0 Å². The molecule has 5 nitrogen and oxygen atoms in total. The topological polar surface area (TPSA) is 62.4 Å². The van der Waals surface area contributed by atoms with E-state index in [1.165, 1.54) is 12.8 Å². The number of aromatic nitrogens is 2. The molecule has 0 amide bonds. The van der Waals surface area contributed by atoms with Crippen LogP contribution < -0.4 is 0 Å². The van der Waals surface area contributed by atoms with Gasteiger partial charge >= 0.3 is 0 Å². The van der Waals surface area contributed by atoms with E-state index >= 15 is 0 Å². The third-order valence-electron chi connectivity index (χ3n) is 5.55. The van der Waals surface area contributed by atoms with Crippen LogP contribution in [0.2, 0.25) is 0 Å². The van der Waals surface area contributed by atoms with Gasteiger partial charge in [0.1, 0.15) is 5.76 Å². The summed E-state index contributed by atoms with van der Waals surface area (Å²) in [5.74, 6) is 1.82. The van der Waals surface area contributed by atoms with E-state index in [2.05, 4.69) is 34.3 Å². The number of para-hydroxylation sites is 1. The van der Waals surface area contributed by atoms with Gasteiger partial charge in [-0.25, -0.2) is 0 Å². The standard InChI is InChI=1S/C21H23N3O2/c25-20-13-24(12-18-10-21(26-23-18)15-5-6-15)11-16(20)9-17-8-7-14-3-1-2-4-19(14)22-17/h1-4,7-8,10,15-16,20,25H,5-6,9,11-13H2/t16-,20-/m1/s1. The van der Waals surface area contributed by atoms with Crippen molar-refractivity contribution in [3.63, 3.8) is 0 Å². The molecule has 2 aromatic heterocycles. The van der Waals surface area contributed by atoms with Gasteiger partial charge in [0.2, 0.25) is 0 Å². The first kappa shape index (κ1) is 16.0. The van der Waals surface area contributed by atoms with Crippen molar-refractivity contribution in [1.82, 2.24) is 15.0 Å². The minimum Gasteiger partial charge on any atom is -0.391 e. The molecule has 1 aromatic carbocycles. The molecule has 0 radical (unpaired) electrons. The summed E-state index contributed by atoms with van der Waals surface area (Å²) in [7, 11) is 0. The number of hydrogen-bond acceptors (Lipinski definition) is 5. The fourth-order valence-electron chi connectivity index (χ4n) is 3.95. The number of benzene rings is 1. The number of hydrogen-bond donors (Lipinski definition) is 1. The molecule has 2 aliphatic rings. The lowest BCUT2D eigenvalue weighted by Crippen LogP contribution is -2.21. The second kappa shape index (κ2) is 6.49. The molecule has 1 saturated carbocycles. The van der Waals surface area contributed by atoms with E-state index in [0.29, 0.717) is 12.5 Å². The number of pyridine rings is 1. The molecule has 1 saturated heterocycles. The zero-order valence-electron chi connectivity index (χ0n) is 14.7. The zero-order chi connectivity index (χ0) is 17.5. The molecule has 0 bridgehead atoms. The average Bonchev–Trinajstić information content (AvgIpc) is 3.31. The van der Waals surface area contributed by atoms with E-state index < -0.39 is 0 Å². The monoisotopic (exact) mass is 349 g/mol. The highest BCUT2D eigenvalue weighted by atomic mass is 16.5. The van der Waals surface area contributed by atoms with Crippen LogP contribution in [0, 0.1) is 5.92 Å². The normalized spacial score (nSPS) is 23.7. The summed E-state index contributed by atoms with van der Waals surface area (Å²) in [4.78, 5) is 7.02. The van der Waals surface area contributed by atoms with Crippen LogP contribution in [-0.2, 0) is 13.0 Å². The summed E-state index contributed by atoms with van der Waals surface area (Å²) < 4.78 is 5.44. The Balaban J connectivity index is 1.24. The number of aliphatic hydroxyl groups is 1. The summed E-state index contributed by atoms with van der Waals surface area (Å²) in [6.07, 6.45) is 2.92. The predicted molar refractivity (Wildman–Crippen MR) is 98.7 cm³/mol. The largest absolute Gasteiger partial charge is 0.391 e. The summed E-state index contributed by atoms with van der Waals surface area (Å²) in [6.45, 7) is 2.29. The third kappa shape index (κ3) is 3.24. The molecule has 134 valence electrons. The number of likely N-dealkylation sites (tertiary alicyclic amines) is 1. The SMILES string of the molecule is O[C@@H]1CN(Cc2cc(C3CC3)on2)C[C@H]1Cc1ccc2ccccc2n1. The van der Waals surface area contributed by atoms with Crippen molar-refractivity contribution in [2.24, 2.45) is 5.92 Å². The van der Waals surface area contributed by atoms with Gasteiger partial charge in [0.05, 0.1) is 17.3 Å².